The van der Waals surface area contributed by atoms with Crippen molar-refractivity contribution in [3.8, 4) is 16.9 Å². The third kappa shape index (κ3) is 5.24. The molecule has 1 aliphatic rings. The highest BCUT2D eigenvalue weighted by molar-refractivity contribution is 5.80. The van der Waals surface area contributed by atoms with E-state index in [0.717, 1.165) is 41.5 Å². The van der Waals surface area contributed by atoms with E-state index in [9.17, 15) is 0 Å². The van der Waals surface area contributed by atoms with Gasteiger partial charge in [0.1, 0.15) is 18.5 Å². The van der Waals surface area contributed by atoms with Crippen LogP contribution in [-0.2, 0) is 11.8 Å². The van der Waals surface area contributed by atoms with Crippen LogP contribution in [0.5, 0.6) is 5.75 Å². The quantitative estimate of drug-likeness (QED) is 0.378. The molecule has 0 radical (unpaired) electrons. The lowest BCUT2D eigenvalue weighted by Gasteiger charge is -2.34. The van der Waals surface area contributed by atoms with Gasteiger partial charge in [-0.2, -0.15) is 5.10 Å². The van der Waals surface area contributed by atoms with Crippen LogP contribution in [0.2, 0.25) is 0 Å². The summed E-state index contributed by atoms with van der Waals surface area (Å²) in [6, 6.07) is 18.4. The van der Waals surface area contributed by atoms with Crippen LogP contribution in [-0.4, -0.2) is 60.5 Å². The molecule has 0 saturated carbocycles. The predicted molar refractivity (Wildman–Crippen MR) is 122 cm³/mol. The molecule has 7 heteroatoms. The Bertz CT molecular complexity index is 1000. The number of aryl methyl sites for hydroxylation is 1. The number of benzene rings is 2. The maximum atomic E-state index is 6.10. The number of aliphatic imine (C=N–C) groups is 1. The standard InChI is InChI=1S/C24H29N5O2/c1-25-24(29-13-15-31-23(18-29)20-16-27-28(2)17-20)26-12-14-30-22-11-7-6-10-21(22)19-8-4-3-5-9-19/h3-11,16-17,23H,12-15,18H2,1-2H3,(H,25,26). The molecule has 0 amide bonds. The van der Waals surface area contributed by atoms with Gasteiger partial charge in [-0.15, -0.1) is 0 Å². The number of guanidine groups is 1. The number of para-hydroxylation sites is 1. The molecule has 162 valence electrons. The summed E-state index contributed by atoms with van der Waals surface area (Å²) >= 11 is 0. The van der Waals surface area contributed by atoms with Crippen LogP contribution in [0.25, 0.3) is 11.1 Å². The number of hydrogen-bond acceptors (Lipinski definition) is 4. The van der Waals surface area contributed by atoms with Gasteiger partial charge >= 0.3 is 0 Å². The minimum Gasteiger partial charge on any atom is -0.491 e. The largest absolute Gasteiger partial charge is 0.491 e. The van der Waals surface area contributed by atoms with E-state index in [1.54, 1.807) is 4.68 Å². The molecule has 4 rings (SSSR count). The smallest absolute Gasteiger partial charge is 0.193 e. The number of hydrogen-bond donors (Lipinski definition) is 1. The summed E-state index contributed by atoms with van der Waals surface area (Å²) in [4.78, 5) is 6.68. The third-order valence-corrected chi connectivity index (χ3v) is 5.29. The van der Waals surface area contributed by atoms with Crippen LogP contribution in [0, 0.1) is 0 Å². The summed E-state index contributed by atoms with van der Waals surface area (Å²) in [5.74, 6) is 1.74. The van der Waals surface area contributed by atoms with E-state index in [0.29, 0.717) is 19.8 Å². The van der Waals surface area contributed by atoms with Crippen molar-refractivity contribution in [3.05, 3.63) is 72.6 Å². The Labute approximate surface area is 183 Å². The van der Waals surface area contributed by atoms with Gasteiger partial charge in [0.05, 0.1) is 25.9 Å². The van der Waals surface area contributed by atoms with Crippen molar-refractivity contribution in [1.29, 1.82) is 0 Å². The van der Waals surface area contributed by atoms with Crippen molar-refractivity contribution in [1.82, 2.24) is 20.0 Å². The zero-order valence-electron chi connectivity index (χ0n) is 18.1. The van der Waals surface area contributed by atoms with Crippen molar-refractivity contribution in [2.24, 2.45) is 12.0 Å². The van der Waals surface area contributed by atoms with Gasteiger partial charge in [-0.3, -0.25) is 9.67 Å². The van der Waals surface area contributed by atoms with Gasteiger partial charge in [0.2, 0.25) is 0 Å². The fourth-order valence-corrected chi connectivity index (χ4v) is 3.75. The van der Waals surface area contributed by atoms with E-state index in [2.05, 4.69) is 38.5 Å². The number of morpholine rings is 1. The second kappa shape index (κ2) is 10.1. The van der Waals surface area contributed by atoms with Crippen molar-refractivity contribution in [2.75, 3.05) is 39.9 Å². The van der Waals surface area contributed by atoms with E-state index in [1.807, 2.05) is 62.9 Å². The maximum absolute atomic E-state index is 6.10. The summed E-state index contributed by atoms with van der Waals surface area (Å²) in [6.45, 7) is 3.39. The topological polar surface area (TPSA) is 63.9 Å². The van der Waals surface area contributed by atoms with Gasteiger partial charge in [0.25, 0.3) is 0 Å². The first-order chi connectivity index (χ1) is 15.2. The highest BCUT2D eigenvalue weighted by Gasteiger charge is 2.25. The highest BCUT2D eigenvalue weighted by atomic mass is 16.5. The highest BCUT2D eigenvalue weighted by Crippen LogP contribution is 2.29. The summed E-state index contributed by atoms with van der Waals surface area (Å²) in [5, 5.41) is 7.68. The van der Waals surface area contributed by atoms with Crippen LogP contribution in [0.4, 0.5) is 0 Å². The molecule has 1 atom stereocenters. The predicted octanol–water partition coefficient (Wildman–Crippen LogP) is 3.11. The lowest BCUT2D eigenvalue weighted by atomic mass is 10.1. The third-order valence-electron chi connectivity index (χ3n) is 5.29. The van der Waals surface area contributed by atoms with Crippen molar-refractivity contribution in [2.45, 2.75) is 6.10 Å². The van der Waals surface area contributed by atoms with Gasteiger partial charge in [-0.05, 0) is 11.6 Å². The maximum Gasteiger partial charge on any atom is 0.193 e. The Hall–Kier alpha value is -3.32. The van der Waals surface area contributed by atoms with E-state index < -0.39 is 0 Å². The fourth-order valence-electron chi connectivity index (χ4n) is 3.75. The molecular formula is C24H29N5O2. The van der Waals surface area contributed by atoms with Crippen molar-refractivity contribution >= 4 is 5.96 Å². The number of nitrogens with one attached hydrogen (secondary N) is 1. The lowest BCUT2D eigenvalue weighted by Crippen LogP contribution is -2.48. The number of nitrogens with zero attached hydrogens (tertiary/aromatic N) is 4. The van der Waals surface area contributed by atoms with Gasteiger partial charge < -0.3 is 19.7 Å². The molecule has 1 N–H and O–H groups in total. The minimum atomic E-state index is -0.00463. The van der Waals surface area contributed by atoms with E-state index >= 15 is 0 Å². The Kier molecular flexibility index (Phi) is 6.84. The van der Waals surface area contributed by atoms with Gasteiger partial charge in [0, 0.05) is 38.0 Å². The average Bonchev–Trinajstić information content (AvgIpc) is 3.26. The number of ether oxygens (including phenoxy) is 2. The van der Waals surface area contributed by atoms with E-state index in [1.165, 1.54) is 0 Å². The summed E-state index contributed by atoms with van der Waals surface area (Å²) in [7, 11) is 3.73. The molecular weight excluding hydrogens is 390 g/mol. The summed E-state index contributed by atoms with van der Waals surface area (Å²) in [5.41, 5.74) is 3.33. The Morgan fingerprint density at radius 3 is 2.77 bits per heavy atom. The van der Waals surface area contributed by atoms with Crippen LogP contribution >= 0.6 is 0 Å². The summed E-state index contributed by atoms with van der Waals surface area (Å²) in [6.07, 6.45) is 3.86. The Morgan fingerprint density at radius 1 is 1.19 bits per heavy atom. The van der Waals surface area contributed by atoms with Crippen LogP contribution in [0.15, 0.2) is 72.0 Å². The molecule has 0 spiro atoms. The van der Waals surface area contributed by atoms with E-state index in [4.69, 9.17) is 9.47 Å². The van der Waals surface area contributed by atoms with Crippen molar-refractivity contribution in [3.63, 3.8) is 0 Å². The average molecular weight is 420 g/mol. The molecule has 1 aliphatic heterocycles. The molecule has 2 heterocycles. The number of aromatic nitrogens is 2. The number of rotatable bonds is 6. The van der Waals surface area contributed by atoms with Crippen molar-refractivity contribution < 1.29 is 9.47 Å². The van der Waals surface area contributed by atoms with Gasteiger partial charge in [0.15, 0.2) is 5.96 Å². The zero-order chi connectivity index (χ0) is 21.5. The molecule has 31 heavy (non-hydrogen) atoms. The van der Waals surface area contributed by atoms with Crippen LogP contribution in [0.3, 0.4) is 0 Å². The molecule has 7 nitrogen and oxygen atoms in total. The molecule has 2 aromatic carbocycles. The molecule has 1 unspecified atom stereocenters. The minimum absolute atomic E-state index is 0.00463. The van der Waals surface area contributed by atoms with Gasteiger partial charge in [-0.25, -0.2) is 0 Å². The molecule has 0 bridgehead atoms. The lowest BCUT2D eigenvalue weighted by molar-refractivity contribution is -0.00805. The Morgan fingerprint density at radius 2 is 2.00 bits per heavy atom. The first-order valence-corrected chi connectivity index (χ1v) is 10.6. The monoisotopic (exact) mass is 419 g/mol. The van der Waals surface area contributed by atoms with Crippen LogP contribution in [0.1, 0.15) is 11.7 Å². The molecule has 3 aromatic rings. The zero-order valence-corrected chi connectivity index (χ0v) is 18.1. The second-order valence-electron chi connectivity index (χ2n) is 7.44. The molecule has 1 aromatic heterocycles. The normalized spacial score (nSPS) is 16.9. The first-order valence-electron chi connectivity index (χ1n) is 10.6. The fraction of sp³-hybridized carbons (Fsp3) is 0.333. The summed E-state index contributed by atoms with van der Waals surface area (Å²) < 4.78 is 13.8. The molecule has 1 fully saturated rings. The second-order valence-corrected chi connectivity index (χ2v) is 7.44. The van der Waals surface area contributed by atoms with E-state index in [-0.39, 0.29) is 6.10 Å². The molecule has 1 saturated heterocycles. The Balaban J connectivity index is 1.31. The SMILES string of the molecule is CN=C(NCCOc1ccccc1-c1ccccc1)N1CCOC(c2cnn(C)c2)C1. The first kappa shape index (κ1) is 20.9. The van der Waals surface area contributed by atoms with Crippen LogP contribution < -0.4 is 10.1 Å². The molecule has 0 aliphatic carbocycles. The van der Waals surface area contributed by atoms with Gasteiger partial charge in [-0.1, -0.05) is 48.5 Å².